The molecule has 0 amide bonds. The summed E-state index contributed by atoms with van der Waals surface area (Å²) in [4.78, 5) is 2.11. The highest BCUT2D eigenvalue weighted by molar-refractivity contribution is 5.33. The minimum atomic E-state index is -0.373. The first-order valence-corrected chi connectivity index (χ1v) is 7.11. The smallest absolute Gasteiger partial charge is 0.0661 e. The number of hydrogen-bond acceptors (Lipinski definition) is 2. The van der Waals surface area contributed by atoms with Gasteiger partial charge in [0.2, 0.25) is 0 Å². The lowest BCUT2D eigenvalue weighted by Crippen LogP contribution is -2.25. The molecule has 2 aromatic rings. The molecule has 2 rings (SSSR count). The van der Waals surface area contributed by atoms with Gasteiger partial charge < -0.3 is 10.0 Å². The van der Waals surface area contributed by atoms with E-state index in [9.17, 15) is 5.11 Å². The largest absolute Gasteiger partial charge is 0.392 e. The highest BCUT2D eigenvalue weighted by Crippen LogP contribution is 2.29. The lowest BCUT2D eigenvalue weighted by atomic mass is 9.85. The van der Waals surface area contributed by atoms with Crippen LogP contribution < -0.4 is 0 Å². The third-order valence-electron chi connectivity index (χ3n) is 3.57. The van der Waals surface area contributed by atoms with Crippen LogP contribution in [0.4, 0.5) is 0 Å². The average Bonchev–Trinajstić information content (AvgIpc) is 2.48. The Morgan fingerprint density at radius 1 is 0.850 bits per heavy atom. The summed E-state index contributed by atoms with van der Waals surface area (Å²) in [5.74, 6) is 0.0392. The minimum absolute atomic E-state index is 0.0392. The van der Waals surface area contributed by atoms with Crippen molar-refractivity contribution < 1.29 is 5.11 Å². The van der Waals surface area contributed by atoms with Gasteiger partial charge in [-0.25, -0.2) is 0 Å². The van der Waals surface area contributed by atoms with E-state index < -0.39 is 0 Å². The van der Waals surface area contributed by atoms with Crippen molar-refractivity contribution in [3.05, 3.63) is 71.8 Å². The molecule has 2 aromatic carbocycles. The van der Waals surface area contributed by atoms with Gasteiger partial charge in [-0.1, -0.05) is 60.7 Å². The number of hydrogen-bond donors (Lipinski definition) is 1. The highest BCUT2D eigenvalue weighted by atomic mass is 16.3. The van der Waals surface area contributed by atoms with Crippen molar-refractivity contribution in [1.29, 1.82) is 0 Å². The van der Waals surface area contributed by atoms with E-state index in [0.29, 0.717) is 0 Å². The second-order valence-corrected chi connectivity index (χ2v) is 5.46. The third-order valence-corrected chi connectivity index (χ3v) is 3.57. The summed E-state index contributed by atoms with van der Waals surface area (Å²) in [6.45, 7) is 0.886. The monoisotopic (exact) mass is 269 g/mol. The lowest BCUT2D eigenvalue weighted by molar-refractivity contribution is 0.135. The summed E-state index contributed by atoms with van der Waals surface area (Å²) < 4.78 is 0. The number of aliphatic hydroxyl groups excluding tert-OH is 1. The third kappa shape index (κ3) is 3.92. The second-order valence-electron chi connectivity index (χ2n) is 5.46. The Morgan fingerprint density at radius 3 is 1.70 bits per heavy atom. The topological polar surface area (TPSA) is 23.5 Å². The van der Waals surface area contributed by atoms with Crippen molar-refractivity contribution in [2.24, 2.45) is 0 Å². The van der Waals surface area contributed by atoms with Crippen molar-refractivity contribution in [3.8, 4) is 0 Å². The molecule has 0 radical (unpaired) electrons. The van der Waals surface area contributed by atoms with Gasteiger partial charge in [0.25, 0.3) is 0 Å². The van der Waals surface area contributed by atoms with Gasteiger partial charge in [-0.15, -0.1) is 0 Å². The molecule has 0 saturated heterocycles. The zero-order valence-electron chi connectivity index (χ0n) is 12.2. The zero-order valence-corrected chi connectivity index (χ0v) is 12.2. The van der Waals surface area contributed by atoms with E-state index in [2.05, 4.69) is 29.2 Å². The second kappa shape index (κ2) is 7.22. The Kier molecular flexibility index (Phi) is 5.33. The van der Waals surface area contributed by atoms with E-state index in [1.54, 1.807) is 0 Å². The molecule has 0 heterocycles. The van der Waals surface area contributed by atoms with E-state index in [-0.39, 0.29) is 12.0 Å². The molecule has 1 atom stereocenters. The Labute approximate surface area is 121 Å². The zero-order chi connectivity index (χ0) is 14.4. The lowest BCUT2D eigenvalue weighted by Gasteiger charge is -2.25. The van der Waals surface area contributed by atoms with E-state index in [0.717, 1.165) is 13.0 Å². The van der Waals surface area contributed by atoms with Crippen LogP contribution in [0.5, 0.6) is 0 Å². The van der Waals surface area contributed by atoms with Crippen LogP contribution in [-0.2, 0) is 0 Å². The molecular formula is C18H23NO. The predicted octanol–water partition coefficient (Wildman–Crippen LogP) is 3.13. The Morgan fingerprint density at radius 2 is 1.30 bits per heavy atom. The minimum Gasteiger partial charge on any atom is -0.392 e. The molecule has 1 N–H and O–H groups in total. The van der Waals surface area contributed by atoms with Crippen LogP contribution in [0.3, 0.4) is 0 Å². The highest BCUT2D eigenvalue weighted by Gasteiger charge is 2.22. The van der Waals surface area contributed by atoms with Crippen LogP contribution in [0.25, 0.3) is 0 Å². The van der Waals surface area contributed by atoms with Crippen LogP contribution >= 0.6 is 0 Å². The summed E-state index contributed by atoms with van der Waals surface area (Å²) in [6.07, 6.45) is 0.392. The molecular weight excluding hydrogens is 246 g/mol. The molecule has 0 aliphatic heterocycles. The molecule has 0 fully saturated rings. The molecule has 0 aromatic heterocycles. The van der Waals surface area contributed by atoms with Crippen LogP contribution in [-0.4, -0.2) is 36.8 Å². The number of rotatable bonds is 6. The standard InChI is InChI=1S/C18H23NO/c1-19(2)14-13-17(20)18(15-9-5-3-6-10-15)16-11-7-4-8-12-16/h3-12,17-18,20H,13-14H2,1-2H3. The SMILES string of the molecule is CN(C)CCC(O)C(c1ccccc1)c1ccccc1. The fourth-order valence-corrected chi connectivity index (χ4v) is 2.51. The van der Waals surface area contributed by atoms with Crippen LogP contribution in [0.2, 0.25) is 0 Å². The summed E-state index contributed by atoms with van der Waals surface area (Å²) in [6, 6.07) is 20.5. The van der Waals surface area contributed by atoms with Crippen molar-refractivity contribution >= 4 is 0 Å². The molecule has 20 heavy (non-hydrogen) atoms. The molecule has 106 valence electrons. The first-order valence-electron chi connectivity index (χ1n) is 7.11. The summed E-state index contributed by atoms with van der Waals surface area (Å²) in [5, 5.41) is 10.6. The predicted molar refractivity (Wildman–Crippen MR) is 83.9 cm³/mol. The molecule has 0 spiro atoms. The maximum absolute atomic E-state index is 10.6. The van der Waals surface area contributed by atoms with Gasteiger partial charge in [0.05, 0.1) is 6.10 Å². The summed E-state index contributed by atoms with van der Waals surface area (Å²) >= 11 is 0. The van der Waals surface area contributed by atoms with Gasteiger partial charge in [0, 0.05) is 12.5 Å². The number of benzene rings is 2. The van der Waals surface area contributed by atoms with Gasteiger partial charge >= 0.3 is 0 Å². The van der Waals surface area contributed by atoms with E-state index >= 15 is 0 Å². The molecule has 1 unspecified atom stereocenters. The van der Waals surface area contributed by atoms with Crippen LogP contribution in [0, 0.1) is 0 Å². The maximum atomic E-state index is 10.6. The van der Waals surface area contributed by atoms with Gasteiger partial charge in [-0.05, 0) is 31.6 Å². The Balaban J connectivity index is 2.25. The fourth-order valence-electron chi connectivity index (χ4n) is 2.51. The van der Waals surface area contributed by atoms with Crippen molar-refractivity contribution in [3.63, 3.8) is 0 Å². The summed E-state index contributed by atoms with van der Waals surface area (Å²) in [5.41, 5.74) is 2.34. The van der Waals surface area contributed by atoms with Gasteiger partial charge in [-0.2, -0.15) is 0 Å². The maximum Gasteiger partial charge on any atom is 0.0661 e. The van der Waals surface area contributed by atoms with E-state index in [1.807, 2.05) is 50.5 Å². The van der Waals surface area contributed by atoms with E-state index in [4.69, 9.17) is 0 Å². The quantitative estimate of drug-likeness (QED) is 0.871. The number of aliphatic hydroxyl groups is 1. The van der Waals surface area contributed by atoms with Crippen molar-refractivity contribution in [2.45, 2.75) is 18.4 Å². The number of nitrogens with zero attached hydrogens (tertiary/aromatic N) is 1. The fraction of sp³-hybridized carbons (Fsp3) is 0.333. The average molecular weight is 269 g/mol. The van der Waals surface area contributed by atoms with Crippen LogP contribution in [0.1, 0.15) is 23.5 Å². The van der Waals surface area contributed by atoms with Crippen molar-refractivity contribution in [2.75, 3.05) is 20.6 Å². The van der Waals surface area contributed by atoms with Gasteiger partial charge in [0.15, 0.2) is 0 Å². The van der Waals surface area contributed by atoms with Crippen molar-refractivity contribution in [1.82, 2.24) is 4.90 Å². The summed E-state index contributed by atoms with van der Waals surface area (Å²) in [7, 11) is 4.07. The van der Waals surface area contributed by atoms with Gasteiger partial charge in [-0.3, -0.25) is 0 Å². The molecule has 2 heteroatoms. The molecule has 0 aliphatic carbocycles. The molecule has 2 nitrogen and oxygen atoms in total. The Bertz CT molecular complexity index is 456. The molecule has 0 bridgehead atoms. The normalized spacial score (nSPS) is 12.8. The van der Waals surface area contributed by atoms with E-state index in [1.165, 1.54) is 11.1 Å². The first kappa shape index (κ1) is 14.8. The Hall–Kier alpha value is -1.64. The first-order chi connectivity index (χ1) is 9.68. The van der Waals surface area contributed by atoms with Crippen LogP contribution in [0.15, 0.2) is 60.7 Å². The molecule has 0 saturated carbocycles. The van der Waals surface area contributed by atoms with Gasteiger partial charge in [0.1, 0.15) is 0 Å². The molecule has 0 aliphatic rings.